The zero-order chi connectivity index (χ0) is 29.8. The van der Waals surface area contributed by atoms with Gasteiger partial charge in [-0.2, -0.15) is 4.98 Å². The van der Waals surface area contributed by atoms with Crippen molar-refractivity contribution in [3.8, 4) is 11.5 Å². The van der Waals surface area contributed by atoms with Gasteiger partial charge in [-0.15, -0.1) is 0 Å². The molecule has 0 bridgehead atoms. The molecule has 0 spiro atoms. The lowest BCUT2D eigenvalue weighted by Crippen LogP contribution is -2.39. The number of aromatic nitrogens is 2. The molecule has 0 aliphatic carbocycles. The standard InChI is InChI=1S/C32H31N5O5/c1-41-26-17-19(16-24-18-35-32(34)36-30(24)33)15-23(29(26)42-2)11-12-27(38)37-14-13-20-5-3-4-6-25(20)28(37)21-7-9-22(10-8-21)31(39)40/h3-12,15,17-18,28H,13-14,16H2,1-2H3,(H,39,40)(H4,33,34,35,36)/b12-11+. The minimum Gasteiger partial charge on any atom is -0.493 e. The number of aromatic carboxylic acids is 1. The number of ether oxygens (including phenoxy) is 2. The van der Waals surface area contributed by atoms with Gasteiger partial charge in [0.15, 0.2) is 11.5 Å². The Bertz CT molecular complexity index is 1670. The molecule has 1 aromatic heterocycles. The van der Waals surface area contributed by atoms with Crippen molar-refractivity contribution in [1.29, 1.82) is 0 Å². The molecule has 3 aromatic carbocycles. The summed E-state index contributed by atoms with van der Waals surface area (Å²) >= 11 is 0. The first-order valence-corrected chi connectivity index (χ1v) is 13.3. The van der Waals surface area contributed by atoms with Gasteiger partial charge in [-0.1, -0.05) is 36.4 Å². The fourth-order valence-corrected chi connectivity index (χ4v) is 5.30. The summed E-state index contributed by atoms with van der Waals surface area (Å²) in [6, 6.07) is 18.0. The van der Waals surface area contributed by atoms with Crippen LogP contribution in [0, 0.1) is 0 Å². The first-order chi connectivity index (χ1) is 20.3. The van der Waals surface area contributed by atoms with Crippen LogP contribution in [0.4, 0.5) is 11.8 Å². The number of hydrogen-bond acceptors (Lipinski definition) is 8. The molecule has 2 heterocycles. The largest absolute Gasteiger partial charge is 0.493 e. The summed E-state index contributed by atoms with van der Waals surface area (Å²) in [4.78, 5) is 35.1. The summed E-state index contributed by atoms with van der Waals surface area (Å²) in [7, 11) is 3.09. The maximum atomic E-state index is 13.8. The molecule has 1 amide bonds. The Hall–Kier alpha value is -5.38. The Kier molecular flexibility index (Phi) is 8.05. The van der Waals surface area contributed by atoms with E-state index in [1.807, 2.05) is 30.3 Å². The molecule has 1 unspecified atom stereocenters. The lowest BCUT2D eigenvalue weighted by Gasteiger charge is -2.37. The summed E-state index contributed by atoms with van der Waals surface area (Å²) in [6.45, 7) is 0.502. The van der Waals surface area contributed by atoms with Crippen LogP contribution in [0.5, 0.6) is 11.5 Å². The molecule has 1 atom stereocenters. The normalized spacial score (nSPS) is 14.4. The number of nitrogen functional groups attached to an aromatic ring is 2. The Balaban J connectivity index is 1.48. The highest BCUT2D eigenvalue weighted by Crippen LogP contribution is 2.37. The van der Waals surface area contributed by atoms with Crippen molar-refractivity contribution in [2.75, 3.05) is 32.2 Å². The highest BCUT2D eigenvalue weighted by atomic mass is 16.5. The van der Waals surface area contributed by atoms with Gasteiger partial charge in [0.05, 0.1) is 25.8 Å². The number of methoxy groups -OCH3 is 2. The van der Waals surface area contributed by atoms with Gasteiger partial charge in [0, 0.05) is 36.4 Å². The number of carbonyl (C=O) groups excluding carboxylic acids is 1. The number of carbonyl (C=O) groups is 2. The monoisotopic (exact) mass is 565 g/mol. The van der Waals surface area contributed by atoms with Crippen LogP contribution in [0.3, 0.4) is 0 Å². The van der Waals surface area contributed by atoms with E-state index in [2.05, 4.69) is 16.0 Å². The first kappa shape index (κ1) is 28.2. The SMILES string of the molecule is COc1cc(Cc2cnc(N)nc2N)cc(/C=C/C(=O)N2CCc3ccccc3C2c2ccc(C(=O)O)cc2)c1OC. The van der Waals surface area contributed by atoms with Gasteiger partial charge in [0.2, 0.25) is 11.9 Å². The fourth-order valence-electron chi connectivity index (χ4n) is 5.30. The highest BCUT2D eigenvalue weighted by molar-refractivity contribution is 5.93. The number of carboxylic acid groups (broad SMARTS) is 1. The van der Waals surface area contributed by atoms with Gasteiger partial charge in [-0.05, 0) is 59.0 Å². The van der Waals surface area contributed by atoms with Crippen molar-refractivity contribution >= 4 is 29.7 Å². The number of nitrogens with zero attached hydrogens (tertiary/aromatic N) is 3. The lowest BCUT2D eigenvalue weighted by molar-refractivity contribution is -0.127. The molecule has 1 aliphatic rings. The highest BCUT2D eigenvalue weighted by Gasteiger charge is 2.31. The summed E-state index contributed by atoms with van der Waals surface area (Å²) in [5.74, 6) is 0.176. The van der Waals surface area contributed by atoms with E-state index in [0.717, 1.165) is 22.3 Å². The number of hydrogen-bond donors (Lipinski definition) is 3. The molecule has 214 valence electrons. The number of benzene rings is 3. The predicted octanol–water partition coefficient (Wildman–Crippen LogP) is 4.13. The maximum Gasteiger partial charge on any atom is 0.335 e. The quantitative estimate of drug-likeness (QED) is 0.268. The molecule has 0 radical (unpaired) electrons. The second-order valence-corrected chi connectivity index (χ2v) is 9.88. The summed E-state index contributed by atoms with van der Waals surface area (Å²) < 4.78 is 11.2. The van der Waals surface area contributed by atoms with Gasteiger partial charge in [0.1, 0.15) is 5.82 Å². The van der Waals surface area contributed by atoms with Gasteiger partial charge >= 0.3 is 5.97 Å². The van der Waals surface area contributed by atoms with Crippen molar-refractivity contribution < 1.29 is 24.2 Å². The molecule has 0 saturated heterocycles. The number of anilines is 2. The number of carboxylic acids is 1. The van der Waals surface area contributed by atoms with Crippen molar-refractivity contribution in [1.82, 2.24) is 14.9 Å². The summed E-state index contributed by atoms with van der Waals surface area (Å²) in [5, 5.41) is 9.36. The van der Waals surface area contributed by atoms with Crippen molar-refractivity contribution in [2.24, 2.45) is 0 Å². The van der Waals surface area contributed by atoms with Crippen LogP contribution in [0.2, 0.25) is 0 Å². The summed E-state index contributed by atoms with van der Waals surface area (Å²) in [6.07, 6.45) is 5.94. The zero-order valence-corrected chi connectivity index (χ0v) is 23.3. The second-order valence-electron chi connectivity index (χ2n) is 9.88. The van der Waals surface area contributed by atoms with Crippen LogP contribution in [-0.2, 0) is 17.6 Å². The number of nitrogens with two attached hydrogens (primary N) is 2. The third kappa shape index (κ3) is 5.73. The molecule has 5 rings (SSSR count). The molecule has 42 heavy (non-hydrogen) atoms. The number of rotatable bonds is 8. The van der Waals surface area contributed by atoms with E-state index in [0.29, 0.717) is 42.0 Å². The van der Waals surface area contributed by atoms with E-state index in [1.165, 1.54) is 6.08 Å². The average molecular weight is 566 g/mol. The van der Waals surface area contributed by atoms with Gasteiger partial charge in [0.25, 0.3) is 0 Å². The predicted molar refractivity (Wildman–Crippen MR) is 159 cm³/mol. The van der Waals surface area contributed by atoms with Crippen LogP contribution < -0.4 is 20.9 Å². The van der Waals surface area contributed by atoms with Crippen LogP contribution >= 0.6 is 0 Å². The zero-order valence-electron chi connectivity index (χ0n) is 23.3. The molecule has 10 nitrogen and oxygen atoms in total. The van der Waals surface area contributed by atoms with Crippen molar-refractivity contribution in [3.05, 3.63) is 112 Å². The smallest absolute Gasteiger partial charge is 0.335 e. The third-order valence-electron chi connectivity index (χ3n) is 7.32. The van der Waals surface area contributed by atoms with E-state index < -0.39 is 5.97 Å². The average Bonchev–Trinajstić information content (AvgIpc) is 3.00. The van der Waals surface area contributed by atoms with Gasteiger partial charge in [-0.25, -0.2) is 9.78 Å². The molecule has 0 saturated carbocycles. The molecule has 1 aliphatic heterocycles. The third-order valence-corrected chi connectivity index (χ3v) is 7.32. The van der Waals surface area contributed by atoms with Crippen molar-refractivity contribution in [3.63, 3.8) is 0 Å². The van der Waals surface area contributed by atoms with E-state index in [9.17, 15) is 14.7 Å². The van der Waals surface area contributed by atoms with Crippen LogP contribution in [0.15, 0.2) is 72.9 Å². The maximum absolute atomic E-state index is 13.8. The molecule has 4 aromatic rings. The van der Waals surface area contributed by atoms with Crippen LogP contribution in [0.25, 0.3) is 6.08 Å². The Morgan fingerprint density at radius 3 is 2.52 bits per heavy atom. The van der Waals surface area contributed by atoms with E-state index in [-0.39, 0.29) is 29.3 Å². The van der Waals surface area contributed by atoms with E-state index in [4.69, 9.17) is 20.9 Å². The van der Waals surface area contributed by atoms with Crippen molar-refractivity contribution in [2.45, 2.75) is 18.9 Å². The van der Waals surface area contributed by atoms with Crippen LogP contribution in [0.1, 0.15) is 49.8 Å². The molecular weight excluding hydrogens is 534 g/mol. The van der Waals surface area contributed by atoms with E-state index in [1.54, 1.807) is 55.7 Å². The number of fused-ring (bicyclic) bond motifs is 1. The molecular formula is C32H31N5O5. The Morgan fingerprint density at radius 2 is 1.83 bits per heavy atom. The molecule has 0 fully saturated rings. The van der Waals surface area contributed by atoms with E-state index >= 15 is 0 Å². The molecule has 10 heteroatoms. The van der Waals surface area contributed by atoms with Gasteiger partial charge < -0.3 is 30.9 Å². The Labute approximate surface area is 243 Å². The lowest BCUT2D eigenvalue weighted by atomic mass is 9.87. The summed E-state index contributed by atoms with van der Waals surface area (Å²) in [5.41, 5.74) is 17.1. The Morgan fingerprint density at radius 1 is 1.07 bits per heavy atom. The van der Waals surface area contributed by atoms with Crippen LogP contribution in [-0.4, -0.2) is 52.6 Å². The second kappa shape index (κ2) is 12.0. The molecule has 5 N–H and O–H groups in total. The minimum atomic E-state index is -1.00. The van der Waals surface area contributed by atoms with Gasteiger partial charge in [-0.3, -0.25) is 4.79 Å². The number of amides is 1. The first-order valence-electron chi connectivity index (χ1n) is 13.3. The minimum absolute atomic E-state index is 0.0992. The topological polar surface area (TPSA) is 154 Å². The fraction of sp³-hybridized carbons (Fsp3) is 0.188.